The lowest BCUT2D eigenvalue weighted by Crippen LogP contribution is -2.52. The van der Waals surface area contributed by atoms with E-state index in [4.69, 9.17) is 14.2 Å². The van der Waals surface area contributed by atoms with Gasteiger partial charge < -0.3 is 19.3 Å². The Morgan fingerprint density at radius 3 is 2.57 bits per heavy atom. The number of aryl methyl sites for hydroxylation is 1. The van der Waals surface area contributed by atoms with Gasteiger partial charge in [-0.2, -0.15) is 0 Å². The Balaban J connectivity index is 1.52. The van der Waals surface area contributed by atoms with Gasteiger partial charge in [-0.25, -0.2) is 14.2 Å². The third-order valence-corrected chi connectivity index (χ3v) is 10.8. The van der Waals surface area contributed by atoms with Gasteiger partial charge in [0.25, 0.3) is 5.56 Å². The smallest absolute Gasteiger partial charge is 0.333 e. The van der Waals surface area contributed by atoms with Gasteiger partial charge in [0.05, 0.1) is 36.6 Å². The zero-order valence-electron chi connectivity index (χ0n) is 24.6. The number of benzene rings is 1. The van der Waals surface area contributed by atoms with E-state index < -0.39 is 35.1 Å². The van der Waals surface area contributed by atoms with Gasteiger partial charge in [-0.1, -0.05) is 37.5 Å². The Labute approximate surface area is 248 Å². The van der Waals surface area contributed by atoms with Gasteiger partial charge in [-0.05, 0) is 57.1 Å². The number of rotatable bonds is 9. The molecule has 0 spiro atoms. The average Bonchev–Trinajstić information content (AvgIpc) is 3.75. The third-order valence-electron chi connectivity index (χ3n) is 9.42. The zero-order chi connectivity index (χ0) is 29.8. The Morgan fingerprint density at radius 2 is 1.93 bits per heavy atom. The fourth-order valence-corrected chi connectivity index (χ4v) is 8.45. The summed E-state index contributed by atoms with van der Waals surface area (Å²) in [6, 6.07) is 7.63. The summed E-state index contributed by atoms with van der Waals surface area (Å²) in [6.07, 6.45) is 4.78. The molecule has 3 fully saturated rings. The molecule has 6 rings (SSSR count). The van der Waals surface area contributed by atoms with Crippen LogP contribution >= 0.6 is 11.3 Å². The summed E-state index contributed by atoms with van der Waals surface area (Å²) in [5.41, 5.74) is -1.58. The molecule has 1 saturated heterocycles. The minimum atomic E-state index is -1.77. The van der Waals surface area contributed by atoms with Crippen LogP contribution in [0.15, 0.2) is 33.9 Å². The number of para-hydroxylation sites is 1. The zero-order valence-corrected chi connectivity index (χ0v) is 25.4. The van der Waals surface area contributed by atoms with Crippen LogP contribution < -0.4 is 21.3 Å². The fourth-order valence-electron chi connectivity index (χ4n) is 7.12. The standard InChI is InChI=1S/C31H39N3O7S/c1-17-24-27(35)34(31(2,3)29(36)37)30(38)33(28(24)42-25(17)26-32-12-13-40-26)16-23(21-10-5-6-11-22(21)39-4)41-20-14-18-8-7-9-19(18)15-20/h5-6,10-11,18-20,23,26,32H,7-9,12-16H2,1-4H3,(H,36,37)/t18-,19-,23+,26?/m1/s1. The van der Waals surface area contributed by atoms with Gasteiger partial charge in [-0.3, -0.25) is 14.7 Å². The van der Waals surface area contributed by atoms with Crippen molar-refractivity contribution in [3.8, 4) is 5.75 Å². The Bertz CT molecular complexity index is 1600. The van der Waals surface area contributed by atoms with E-state index in [2.05, 4.69) is 5.32 Å². The molecule has 1 unspecified atom stereocenters. The first-order valence-corrected chi connectivity index (χ1v) is 15.6. The van der Waals surface area contributed by atoms with E-state index in [1.54, 1.807) is 7.11 Å². The molecule has 42 heavy (non-hydrogen) atoms. The Hall–Kier alpha value is -2.99. The van der Waals surface area contributed by atoms with Crippen LogP contribution in [0.4, 0.5) is 0 Å². The molecule has 3 aromatic rings. The number of nitrogens with one attached hydrogen (secondary N) is 1. The molecule has 11 heteroatoms. The molecule has 3 heterocycles. The largest absolute Gasteiger partial charge is 0.496 e. The second kappa shape index (κ2) is 11.3. The number of carboxylic acids is 1. The van der Waals surface area contributed by atoms with Gasteiger partial charge in [-0.15, -0.1) is 11.3 Å². The monoisotopic (exact) mass is 597 g/mol. The van der Waals surface area contributed by atoms with Crippen molar-refractivity contribution < 1.29 is 24.1 Å². The van der Waals surface area contributed by atoms with E-state index in [-0.39, 0.29) is 12.6 Å². The predicted molar refractivity (Wildman–Crippen MR) is 159 cm³/mol. The van der Waals surface area contributed by atoms with Crippen LogP contribution in [0.1, 0.15) is 74.3 Å². The molecule has 2 N–H and O–H groups in total. The van der Waals surface area contributed by atoms with Gasteiger partial charge >= 0.3 is 11.7 Å². The van der Waals surface area contributed by atoms with Gasteiger partial charge in [0, 0.05) is 12.1 Å². The van der Waals surface area contributed by atoms with Gasteiger partial charge in [0.2, 0.25) is 0 Å². The summed E-state index contributed by atoms with van der Waals surface area (Å²) in [6.45, 7) is 5.89. The molecule has 0 radical (unpaired) electrons. The molecule has 0 amide bonds. The minimum Gasteiger partial charge on any atom is -0.496 e. The molecule has 1 aromatic carbocycles. The lowest BCUT2D eigenvalue weighted by Gasteiger charge is -2.27. The van der Waals surface area contributed by atoms with Gasteiger partial charge in [0.1, 0.15) is 28.5 Å². The van der Waals surface area contributed by atoms with E-state index in [1.807, 2.05) is 31.2 Å². The molecule has 226 valence electrons. The molecule has 2 aromatic heterocycles. The van der Waals surface area contributed by atoms with E-state index in [0.717, 1.165) is 27.8 Å². The first-order valence-electron chi connectivity index (χ1n) is 14.8. The molecule has 1 aliphatic heterocycles. The molecule has 0 bridgehead atoms. The summed E-state index contributed by atoms with van der Waals surface area (Å²) in [5.74, 6) is 0.720. The topological polar surface area (TPSA) is 121 Å². The maximum Gasteiger partial charge on any atom is 0.333 e. The fraction of sp³-hybridized carbons (Fsp3) is 0.581. The number of fused-ring (bicyclic) bond motifs is 2. The van der Waals surface area contributed by atoms with E-state index in [9.17, 15) is 19.5 Å². The summed E-state index contributed by atoms with van der Waals surface area (Å²) < 4.78 is 20.8. The van der Waals surface area contributed by atoms with E-state index >= 15 is 0 Å². The van der Waals surface area contributed by atoms with E-state index in [1.165, 1.54) is 49.0 Å². The number of carbonyl (C=O) groups is 1. The number of aliphatic carboxylic acids is 1. The highest BCUT2D eigenvalue weighted by Crippen LogP contribution is 2.46. The molecule has 10 nitrogen and oxygen atoms in total. The number of hydrogen-bond donors (Lipinski definition) is 2. The quantitative estimate of drug-likeness (QED) is 0.374. The highest BCUT2D eigenvalue weighted by atomic mass is 32.1. The third kappa shape index (κ3) is 4.90. The maximum absolute atomic E-state index is 14.3. The number of ether oxygens (including phenoxy) is 3. The summed E-state index contributed by atoms with van der Waals surface area (Å²) in [5, 5.41) is 13.7. The van der Waals surface area contributed by atoms with Crippen molar-refractivity contribution in [2.45, 2.75) is 83.4 Å². The Morgan fingerprint density at radius 1 is 1.21 bits per heavy atom. The molecule has 2 saturated carbocycles. The first kappa shape index (κ1) is 29.1. The molecular weight excluding hydrogens is 558 g/mol. The SMILES string of the molecule is COc1ccccc1[C@H](Cn1c(=O)n(C(C)(C)C(=O)O)c(=O)c2c(C)c(C3NCCO3)sc21)OC1C[C@H]2CCC[C@@H]2C1. The van der Waals surface area contributed by atoms with Crippen LogP contribution in [0.5, 0.6) is 5.75 Å². The maximum atomic E-state index is 14.3. The second-order valence-corrected chi connectivity index (χ2v) is 13.3. The first-order chi connectivity index (χ1) is 20.1. The van der Waals surface area contributed by atoms with Crippen molar-refractivity contribution in [1.29, 1.82) is 0 Å². The molecular formula is C31H39N3O7S. The number of methoxy groups -OCH3 is 1. The molecule has 3 aliphatic rings. The summed E-state index contributed by atoms with van der Waals surface area (Å²) in [4.78, 5) is 41.8. The average molecular weight is 598 g/mol. The van der Waals surface area contributed by atoms with Crippen molar-refractivity contribution in [2.75, 3.05) is 20.3 Å². The number of thiophene rings is 1. The van der Waals surface area contributed by atoms with Crippen molar-refractivity contribution in [1.82, 2.24) is 14.5 Å². The minimum absolute atomic E-state index is 0.0412. The summed E-state index contributed by atoms with van der Waals surface area (Å²) in [7, 11) is 1.61. The molecule has 2 aliphatic carbocycles. The predicted octanol–water partition coefficient (Wildman–Crippen LogP) is 4.32. The highest BCUT2D eigenvalue weighted by Gasteiger charge is 2.40. The van der Waals surface area contributed by atoms with Crippen molar-refractivity contribution in [2.24, 2.45) is 11.8 Å². The van der Waals surface area contributed by atoms with Crippen molar-refractivity contribution in [3.63, 3.8) is 0 Å². The second-order valence-electron chi connectivity index (χ2n) is 12.3. The van der Waals surface area contributed by atoms with Crippen LogP contribution in [0.2, 0.25) is 0 Å². The van der Waals surface area contributed by atoms with Crippen LogP contribution in [0.25, 0.3) is 10.2 Å². The summed E-state index contributed by atoms with van der Waals surface area (Å²) >= 11 is 1.34. The van der Waals surface area contributed by atoms with E-state index in [0.29, 0.717) is 46.5 Å². The number of nitrogens with zero attached hydrogens (tertiary/aromatic N) is 2. The van der Waals surface area contributed by atoms with Crippen molar-refractivity contribution in [3.05, 3.63) is 61.1 Å². The van der Waals surface area contributed by atoms with Crippen LogP contribution in [0.3, 0.4) is 0 Å². The normalized spacial score (nSPS) is 23.5. The highest BCUT2D eigenvalue weighted by molar-refractivity contribution is 7.19. The lowest BCUT2D eigenvalue weighted by molar-refractivity contribution is -0.146. The van der Waals surface area contributed by atoms with Crippen LogP contribution in [-0.4, -0.2) is 46.6 Å². The molecule has 4 atom stereocenters. The van der Waals surface area contributed by atoms with Crippen LogP contribution in [0, 0.1) is 18.8 Å². The van der Waals surface area contributed by atoms with Crippen LogP contribution in [-0.2, 0) is 26.4 Å². The Kier molecular flexibility index (Phi) is 7.80. The number of carboxylic acid groups (broad SMARTS) is 1. The van der Waals surface area contributed by atoms with Crippen molar-refractivity contribution >= 4 is 27.5 Å². The lowest BCUT2D eigenvalue weighted by atomic mass is 10.0. The van der Waals surface area contributed by atoms with Gasteiger partial charge in [0.15, 0.2) is 0 Å². The number of aromatic nitrogens is 2. The number of hydrogen-bond acceptors (Lipinski definition) is 8.